The zero-order valence-corrected chi connectivity index (χ0v) is 9.32. The van der Waals surface area contributed by atoms with Gasteiger partial charge < -0.3 is 6.15 Å². The van der Waals surface area contributed by atoms with Gasteiger partial charge in [-0.05, 0) is 42.5 Å². The van der Waals surface area contributed by atoms with Crippen LogP contribution < -0.4 is 6.15 Å². The first-order valence-corrected chi connectivity index (χ1v) is 5.47. The predicted octanol–water partition coefficient (Wildman–Crippen LogP) is 3.40. The summed E-state index contributed by atoms with van der Waals surface area (Å²) in [6.07, 6.45) is 5.60. The molecule has 0 fully saturated rings. The normalized spacial score (nSPS) is 13.0. The summed E-state index contributed by atoms with van der Waals surface area (Å²) in [5.74, 6) is 0. The molecule has 0 aliphatic heterocycles. The lowest BCUT2D eigenvalue weighted by Crippen LogP contribution is -1.89. The highest BCUT2D eigenvalue weighted by Crippen LogP contribution is 2.30. The molecule has 1 aliphatic rings. The smallest absolute Gasteiger partial charge is 0.0704 e. The van der Waals surface area contributed by atoms with Crippen LogP contribution >= 0.6 is 0 Å². The van der Waals surface area contributed by atoms with Crippen LogP contribution in [0.3, 0.4) is 0 Å². The summed E-state index contributed by atoms with van der Waals surface area (Å²) >= 11 is 0. The molecule has 1 aromatic heterocycles. The van der Waals surface area contributed by atoms with Gasteiger partial charge >= 0.3 is 0 Å². The van der Waals surface area contributed by atoms with Gasteiger partial charge in [0.1, 0.15) is 0 Å². The van der Waals surface area contributed by atoms with Crippen LogP contribution in [-0.4, -0.2) is 4.98 Å². The molecular weight excluding hydrogens is 196 g/mol. The Morgan fingerprint density at radius 3 is 2.69 bits per heavy atom. The van der Waals surface area contributed by atoms with E-state index in [1.165, 1.54) is 36.0 Å². The number of hydrogen-bond donors (Lipinski definition) is 1. The summed E-state index contributed by atoms with van der Waals surface area (Å²) in [5, 5.41) is 0. The lowest BCUT2D eigenvalue weighted by Gasteiger charge is -2.06. The monoisotopic (exact) mass is 212 g/mol. The van der Waals surface area contributed by atoms with Crippen molar-refractivity contribution in [1.29, 1.82) is 0 Å². The van der Waals surface area contributed by atoms with Crippen LogP contribution in [0.2, 0.25) is 0 Å². The summed E-state index contributed by atoms with van der Waals surface area (Å²) in [6.45, 7) is 0. The fourth-order valence-corrected chi connectivity index (χ4v) is 2.38. The fraction of sp³-hybridized carbons (Fsp3) is 0.214. The maximum Gasteiger partial charge on any atom is 0.0704 e. The minimum atomic E-state index is 0. The highest BCUT2D eigenvalue weighted by Gasteiger charge is 2.15. The summed E-state index contributed by atoms with van der Waals surface area (Å²) in [7, 11) is 0. The number of benzene rings is 1. The molecule has 0 radical (unpaired) electrons. The Kier molecular flexibility index (Phi) is 3.02. The van der Waals surface area contributed by atoms with Gasteiger partial charge in [-0.1, -0.05) is 24.3 Å². The molecule has 1 aliphatic carbocycles. The molecule has 0 saturated heterocycles. The Morgan fingerprint density at radius 1 is 0.938 bits per heavy atom. The van der Waals surface area contributed by atoms with E-state index >= 15 is 0 Å². The van der Waals surface area contributed by atoms with Crippen molar-refractivity contribution >= 4 is 0 Å². The molecule has 0 spiro atoms. The Hall–Kier alpha value is -1.67. The highest BCUT2D eigenvalue weighted by atomic mass is 14.7. The van der Waals surface area contributed by atoms with Gasteiger partial charge in [0, 0.05) is 11.8 Å². The first-order valence-electron chi connectivity index (χ1n) is 5.47. The molecule has 3 rings (SSSR count). The molecule has 0 saturated carbocycles. The molecule has 3 N–H and O–H groups in total. The van der Waals surface area contributed by atoms with E-state index in [0.717, 1.165) is 5.69 Å². The molecule has 0 atom stereocenters. The number of hydrogen-bond acceptors (Lipinski definition) is 2. The van der Waals surface area contributed by atoms with Crippen molar-refractivity contribution in [3.05, 3.63) is 53.7 Å². The van der Waals surface area contributed by atoms with Crippen molar-refractivity contribution in [3.63, 3.8) is 0 Å². The van der Waals surface area contributed by atoms with E-state index in [1.807, 2.05) is 12.3 Å². The van der Waals surface area contributed by atoms with Crippen LogP contribution in [0.1, 0.15) is 17.5 Å². The Bertz CT molecular complexity index is 477. The van der Waals surface area contributed by atoms with E-state index in [9.17, 15) is 0 Å². The molecular formula is C14H16N2. The highest BCUT2D eigenvalue weighted by molar-refractivity contribution is 5.66. The van der Waals surface area contributed by atoms with Crippen molar-refractivity contribution in [2.24, 2.45) is 0 Å². The van der Waals surface area contributed by atoms with Crippen molar-refractivity contribution in [2.45, 2.75) is 19.3 Å². The topological polar surface area (TPSA) is 47.9 Å². The molecule has 2 nitrogen and oxygen atoms in total. The van der Waals surface area contributed by atoms with Crippen LogP contribution in [-0.2, 0) is 12.8 Å². The van der Waals surface area contributed by atoms with Gasteiger partial charge in [-0.15, -0.1) is 0 Å². The summed E-state index contributed by atoms with van der Waals surface area (Å²) in [4.78, 5) is 4.43. The van der Waals surface area contributed by atoms with Crippen molar-refractivity contribution in [2.75, 3.05) is 0 Å². The average Bonchev–Trinajstić information content (AvgIpc) is 2.78. The van der Waals surface area contributed by atoms with Gasteiger partial charge in [0.15, 0.2) is 0 Å². The lowest BCUT2D eigenvalue weighted by atomic mass is 10.0. The maximum absolute atomic E-state index is 4.43. The van der Waals surface area contributed by atoms with E-state index in [-0.39, 0.29) is 6.15 Å². The van der Waals surface area contributed by atoms with Gasteiger partial charge in [-0.2, -0.15) is 0 Å². The van der Waals surface area contributed by atoms with Crippen molar-refractivity contribution < 1.29 is 0 Å². The van der Waals surface area contributed by atoms with Gasteiger partial charge in [0.05, 0.1) is 5.69 Å². The summed E-state index contributed by atoms with van der Waals surface area (Å²) < 4.78 is 0. The number of nitrogens with zero attached hydrogens (tertiary/aromatic N) is 1. The second-order valence-electron chi connectivity index (χ2n) is 4.01. The quantitative estimate of drug-likeness (QED) is 0.787. The Balaban J connectivity index is 0.000000963. The second kappa shape index (κ2) is 4.45. The Labute approximate surface area is 95.9 Å². The first-order chi connectivity index (χ1) is 7.45. The molecule has 1 heterocycles. The third-order valence-corrected chi connectivity index (χ3v) is 3.09. The number of aromatic nitrogens is 1. The molecule has 0 amide bonds. The minimum Gasteiger partial charge on any atom is -0.344 e. The minimum absolute atomic E-state index is 0. The van der Waals surface area contributed by atoms with Crippen LogP contribution in [0.4, 0.5) is 0 Å². The van der Waals surface area contributed by atoms with Gasteiger partial charge in [0.2, 0.25) is 0 Å². The van der Waals surface area contributed by atoms with Crippen LogP contribution in [0.25, 0.3) is 11.3 Å². The van der Waals surface area contributed by atoms with Gasteiger partial charge in [-0.3, -0.25) is 4.98 Å². The third-order valence-electron chi connectivity index (χ3n) is 3.09. The number of rotatable bonds is 1. The molecule has 2 heteroatoms. The molecule has 0 unspecified atom stereocenters. The maximum atomic E-state index is 4.43. The fourth-order valence-electron chi connectivity index (χ4n) is 2.38. The zero-order valence-electron chi connectivity index (χ0n) is 9.32. The Morgan fingerprint density at radius 2 is 1.88 bits per heavy atom. The standard InChI is InChI=1S/C14H13N.H3N/c1-2-10-15-14(9-1)13-8-4-6-11-5-3-7-12(11)13;/h1-2,4,6,8-10H,3,5,7H2;1H3. The number of pyridine rings is 1. The third kappa shape index (κ3) is 1.72. The van der Waals surface area contributed by atoms with Crippen molar-refractivity contribution in [1.82, 2.24) is 11.1 Å². The predicted molar refractivity (Wildman–Crippen MR) is 66.7 cm³/mol. The van der Waals surface area contributed by atoms with Crippen LogP contribution in [0.15, 0.2) is 42.6 Å². The molecule has 1 aromatic carbocycles. The van der Waals surface area contributed by atoms with E-state index in [2.05, 4.69) is 35.3 Å². The summed E-state index contributed by atoms with van der Waals surface area (Å²) in [6, 6.07) is 12.7. The molecule has 16 heavy (non-hydrogen) atoms. The first kappa shape index (κ1) is 10.8. The van der Waals surface area contributed by atoms with Gasteiger partial charge in [-0.25, -0.2) is 0 Å². The van der Waals surface area contributed by atoms with E-state index in [4.69, 9.17) is 0 Å². The van der Waals surface area contributed by atoms with Gasteiger partial charge in [0.25, 0.3) is 0 Å². The number of aryl methyl sites for hydroxylation is 1. The van der Waals surface area contributed by atoms with Crippen LogP contribution in [0.5, 0.6) is 0 Å². The molecule has 0 bridgehead atoms. The second-order valence-corrected chi connectivity index (χ2v) is 4.01. The van der Waals surface area contributed by atoms with E-state index < -0.39 is 0 Å². The molecule has 2 aromatic rings. The van der Waals surface area contributed by atoms with Crippen LogP contribution in [0, 0.1) is 0 Å². The number of fused-ring (bicyclic) bond motifs is 1. The van der Waals surface area contributed by atoms with E-state index in [1.54, 1.807) is 0 Å². The largest absolute Gasteiger partial charge is 0.344 e. The van der Waals surface area contributed by atoms with Crippen molar-refractivity contribution in [3.8, 4) is 11.3 Å². The van der Waals surface area contributed by atoms with E-state index in [0.29, 0.717) is 0 Å². The average molecular weight is 212 g/mol. The zero-order chi connectivity index (χ0) is 10.1. The summed E-state index contributed by atoms with van der Waals surface area (Å²) in [5.41, 5.74) is 5.45. The SMILES string of the molecule is N.c1ccc(-c2cccc3c2CCC3)nc1. The molecule has 82 valence electrons. The lowest BCUT2D eigenvalue weighted by molar-refractivity contribution is 0.912.